The second kappa shape index (κ2) is 5.69. The van der Waals surface area contributed by atoms with E-state index in [2.05, 4.69) is 0 Å². The van der Waals surface area contributed by atoms with E-state index in [9.17, 15) is 13.6 Å². The van der Waals surface area contributed by atoms with Crippen LogP contribution < -0.4 is 9.47 Å². The lowest BCUT2D eigenvalue weighted by Crippen LogP contribution is -2.04. The Kier molecular flexibility index (Phi) is 3.98. The first-order valence-corrected chi connectivity index (χ1v) is 5.87. The number of carbonyl (C=O) groups excluding carboxylic acids is 1. The molecule has 2 aromatic rings. The van der Waals surface area contributed by atoms with Crippen molar-refractivity contribution in [1.82, 2.24) is 0 Å². The molecular formula is C15H12F2O3. The third-order valence-corrected chi connectivity index (χ3v) is 2.47. The zero-order valence-corrected chi connectivity index (χ0v) is 10.9. The molecule has 0 aliphatic carbocycles. The van der Waals surface area contributed by atoms with Gasteiger partial charge in [0.15, 0.2) is 11.6 Å². The molecule has 0 atom stereocenters. The predicted molar refractivity (Wildman–Crippen MR) is 68.9 cm³/mol. The minimum Gasteiger partial charge on any atom is -0.450 e. The number of benzene rings is 2. The molecule has 5 heteroatoms. The highest BCUT2D eigenvalue weighted by Gasteiger charge is 2.16. The first kappa shape index (κ1) is 14.0. The van der Waals surface area contributed by atoms with Gasteiger partial charge in [-0.2, -0.15) is 0 Å². The number of aryl methyl sites for hydroxylation is 1. The largest absolute Gasteiger partial charge is 0.450 e. The van der Waals surface area contributed by atoms with Crippen LogP contribution >= 0.6 is 0 Å². The maximum atomic E-state index is 13.8. The van der Waals surface area contributed by atoms with Crippen molar-refractivity contribution in [2.75, 3.05) is 0 Å². The monoisotopic (exact) mass is 278 g/mol. The van der Waals surface area contributed by atoms with Crippen LogP contribution in [0.1, 0.15) is 12.5 Å². The summed E-state index contributed by atoms with van der Waals surface area (Å²) in [5.41, 5.74) is 1.01. The summed E-state index contributed by atoms with van der Waals surface area (Å²) in [6, 6.07) is 8.39. The fraction of sp³-hybridized carbons (Fsp3) is 0.133. The molecule has 0 N–H and O–H groups in total. The average Bonchev–Trinajstić information content (AvgIpc) is 2.35. The van der Waals surface area contributed by atoms with Gasteiger partial charge in [-0.1, -0.05) is 17.7 Å². The molecule has 0 aliphatic heterocycles. The summed E-state index contributed by atoms with van der Waals surface area (Å²) >= 11 is 0. The van der Waals surface area contributed by atoms with Gasteiger partial charge in [-0.25, -0.2) is 8.78 Å². The van der Waals surface area contributed by atoms with Gasteiger partial charge in [-0.05, 0) is 19.1 Å². The summed E-state index contributed by atoms with van der Waals surface area (Å²) in [4.78, 5) is 11.0. The van der Waals surface area contributed by atoms with Crippen LogP contribution in [0.3, 0.4) is 0 Å². The summed E-state index contributed by atoms with van der Waals surface area (Å²) < 4.78 is 37.0. The third-order valence-electron chi connectivity index (χ3n) is 2.47. The maximum absolute atomic E-state index is 13.8. The topological polar surface area (TPSA) is 35.5 Å². The van der Waals surface area contributed by atoms with E-state index in [1.807, 2.05) is 6.92 Å². The predicted octanol–water partition coefficient (Wildman–Crippen LogP) is 3.99. The Labute approximate surface area is 114 Å². The molecular weight excluding hydrogens is 266 g/mol. The van der Waals surface area contributed by atoms with Gasteiger partial charge in [0.05, 0.1) is 0 Å². The Hall–Kier alpha value is -2.43. The molecule has 0 saturated heterocycles. The SMILES string of the molecule is CC(=O)Oc1cc(F)cc(F)c1Oc1ccc(C)cc1. The second-order valence-electron chi connectivity index (χ2n) is 4.22. The minimum atomic E-state index is -0.943. The summed E-state index contributed by atoms with van der Waals surface area (Å²) in [5, 5.41) is 0. The molecule has 0 bridgehead atoms. The number of carbonyl (C=O) groups is 1. The molecule has 0 spiro atoms. The Morgan fingerprint density at radius 2 is 1.75 bits per heavy atom. The van der Waals surface area contributed by atoms with Crippen molar-refractivity contribution in [3.63, 3.8) is 0 Å². The molecule has 0 saturated carbocycles. The summed E-state index contributed by atoms with van der Waals surface area (Å²) in [6.45, 7) is 3.03. The van der Waals surface area contributed by atoms with Crippen LogP contribution in [0.25, 0.3) is 0 Å². The van der Waals surface area contributed by atoms with Crippen LogP contribution in [0, 0.1) is 18.6 Å². The molecule has 0 radical (unpaired) electrons. The highest BCUT2D eigenvalue weighted by Crippen LogP contribution is 2.35. The van der Waals surface area contributed by atoms with Crippen LogP contribution in [-0.2, 0) is 4.79 Å². The molecule has 0 aliphatic rings. The van der Waals surface area contributed by atoms with Crippen molar-refractivity contribution in [2.45, 2.75) is 13.8 Å². The van der Waals surface area contributed by atoms with Gasteiger partial charge in [0.25, 0.3) is 0 Å². The number of rotatable bonds is 3. The Morgan fingerprint density at radius 1 is 1.10 bits per heavy atom. The minimum absolute atomic E-state index is 0.296. The molecule has 0 amide bonds. The van der Waals surface area contributed by atoms with E-state index in [-0.39, 0.29) is 11.5 Å². The number of hydrogen-bond acceptors (Lipinski definition) is 3. The van der Waals surface area contributed by atoms with E-state index < -0.39 is 17.6 Å². The Balaban J connectivity index is 2.38. The van der Waals surface area contributed by atoms with Gasteiger partial charge in [0.1, 0.15) is 11.6 Å². The zero-order chi connectivity index (χ0) is 14.7. The van der Waals surface area contributed by atoms with Crippen molar-refractivity contribution < 1.29 is 23.0 Å². The number of esters is 1. The van der Waals surface area contributed by atoms with Gasteiger partial charge in [-0.3, -0.25) is 4.79 Å². The van der Waals surface area contributed by atoms with Gasteiger partial charge >= 0.3 is 5.97 Å². The van der Waals surface area contributed by atoms with Crippen molar-refractivity contribution in [2.24, 2.45) is 0 Å². The average molecular weight is 278 g/mol. The van der Waals surface area contributed by atoms with E-state index in [4.69, 9.17) is 9.47 Å². The number of halogens is 2. The number of ether oxygens (including phenoxy) is 2. The molecule has 2 aromatic carbocycles. The van der Waals surface area contributed by atoms with Crippen LogP contribution in [-0.4, -0.2) is 5.97 Å². The van der Waals surface area contributed by atoms with Gasteiger partial charge in [0, 0.05) is 19.1 Å². The van der Waals surface area contributed by atoms with Crippen molar-refractivity contribution in [3.05, 3.63) is 53.6 Å². The zero-order valence-electron chi connectivity index (χ0n) is 10.9. The molecule has 20 heavy (non-hydrogen) atoms. The molecule has 0 unspecified atom stereocenters. The van der Waals surface area contributed by atoms with Gasteiger partial charge in [0.2, 0.25) is 5.75 Å². The van der Waals surface area contributed by atoms with Crippen LogP contribution in [0.4, 0.5) is 8.78 Å². The van der Waals surface area contributed by atoms with Crippen molar-refractivity contribution in [3.8, 4) is 17.2 Å². The van der Waals surface area contributed by atoms with Gasteiger partial charge in [-0.15, -0.1) is 0 Å². The van der Waals surface area contributed by atoms with Crippen LogP contribution in [0.2, 0.25) is 0 Å². The van der Waals surface area contributed by atoms with E-state index >= 15 is 0 Å². The lowest BCUT2D eigenvalue weighted by molar-refractivity contribution is -0.132. The summed E-state index contributed by atoms with van der Waals surface area (Å²) in [6.07, 6.45) is 0. The Bertz CT molecular complexity index is 636. The highest BCUT2D eigenvalue weighted by molar-refractivity contribution is 5.70. The first-order chi connectivity index (χ1) is 9.45. The van der Waals surface area contributed by atoms with Crippen molar-refractivity contribution >= 4 is 5.97 Å². The summed E-state index contributed by atoms with van der Waals surface area (Å²) in [7, 11) is 0. The molecule has 0 aromatic heterocycles. The molecule has 104 valence electrons. The number of hydrogen-bond donors (Lipinski definition) is 0. The van der Waals surface area contributed by atoms with E-state index in [0.717, 1.165) is 18.6 Å². The lowest BCUT2D eigenvalue weighted by Gasteiger charge is -2.11. The fourth-order valence-electron chi connectivity index (χ4n) is 1.59. The highest BCUT2D eigenvalue weighted by atomic mass is 19.1. The molecule has 0 fully saturated rings. The summed E-state index contributed by atoms with van der Waals surface area (Å²) in [5.74, 6) is -2.75. The lowest BCUT2D eigenvalue weighted by atomic mass is 10.2. The van der Waals surface area contributed by atoms with Crippen molar-refractivity contribution in [1.29, 1.82) is 0 Å². The standard InChI is InChI=1S/C15H12F2O3/c1-9-3-5-12(6-4-9)20-15-13(17)7-11(16)8-14(15)19-10(2)18/h3-8H,1-2H3. The van der Waals surface area contributed by atoms with E-state index in [0.29, 0.717) is 11.8 Å². The van der Waals surface area contributed by atoms with E-state index in [1.165, 1.54) is 0 Å². The quantitative estimate of drug-likeness (QED) is 0.629. The molecule has 0 heterocycles. The third kappa shape index (κ3) is 3.32. The molecule has 2 rings (SSSR count). The Morgan fingerprint density at radius 3 is 2.35 bits per heavy atom. The van der Waals surface area contributed by atoms with Crippen LogP contribution in [0.5, 0.6) is 17.2 Å². The van der Waals surface area contributed by atoms with Crippen LogP contribution in [0.15, 0.2) is 36.4 Å². The smallest absolute Gasteiger partial charge is 0.308 e. The fourth-order valence-corrected chi connectivity index (χ4v) is 1.59. The molecule has 3 nitrogen and oxygen atoms in total. The van der Waals surface area contributed by atoms with Gasteiger partial charge < -0.3 is 9.47 Å². The van der Waals surface area contributed by atoms with E-state index in [1.54, 1.807) is 24.3 Å². The first-order valence-electron chi connectivity index (χ1n) is 5.87. The maximum Gasteiger partial charge on any atom is 0.308 e. The normalized spacial score (nSPS) is 10.2. The second-order valence-corrected chi connectivity index (χ2v) is 4.22.